The highest BCUT2D eigenvalue weighted by molar-refractivity contribution is 4.82. The van der Waals surface area contributed by atoms with Crippen LogP contribution in [0.1, 0.15) is 40.0 Å². The number of nitrogens with two attached hydrogens (primary N) is 1. The molecule has 0 aromatic carbocycles. The van der Waals surface area contributed by atoms with Crippen molar-refractivity contribution in [1.29, 1.82) is 0 Å². The van der Waals surface area contributed by atoms with Gasteiger partial charge in [0.2, 0.25) is 0 Å². The molecular formula is C12H25NO2. The molecule has 1 heterocycles. The summed E-state index contributed by atoms with van der Waals surface area (Å²) in [6.07, 6.45) is 3.52. The quantitative estimate of drug-likeness (QED) is 0.762. The Balaban J connectivity index is 2.27. The molecule has 3 atom stereocenters. The first kappa shape index (κ1) is 12.9. The van der Waals surface area contributed by atoms with E-state index in [0.29, 0.717) is 12.0 Å². The molecule has 3 nitrogen and oxygen atoms in total. The topological polar surface area (TPSA) is 44.5 Å². The molecule has 0 bridgehead atoms. The molecule has 0 aliphatic carbocycles. The summed E-state index contributed by atoms with van der Waals surface area (Å²) in [4.78, 5) is 0. The van der Waals surface area contributed by atoms with Gasteiger partial charge in [-0.25, -0.2) is 0 Å². The van der Waals surface area contributed by atoms with E-state index in [2.05, 4.69) is 20.8 Å². The average Bonchev–Trinajstić information content (AvgIpc) is 2.61. The molecule has 0 saturated carbocycles. The van der Waals surface area contributed by atoms with E-state index in [1.54, 1.807) is 7.11 Å². The van der Waals surface area contributed by atoms with E-state index in [1.807, 2.05) is 0 Å². The van der Waals surface area contributed by atoms with Crippen LogP contribution in [-0.2, 0) is 9.47 Å². The van der Waals surface area contributed by atoms with E-state index >= 15 is 0 Å². The van der Waals surface area contributed by atoms with Crippen molar-refractivity contribution in [2.75, 3.05) is 13.7 Å². The maximum atomic E-state index is 6.17. The summed E-state index contributed by atoms with van der Waals surface area (Å²) >= 11 is 0. The van der Waals surface area contributed by atoms with Gasteiger partial charge in [-0.1, -0.05) is 0 Å². The third-order valence-electron chi connectivity index (χ3n) is 3.47. The van der Waals surface area contributed by atoms with Gasteiger partial charge in [-0.15, -0.1) is 0 Å². The van der Waals surface area contributed by atoms with Crippen LogP contribution in [0.25, 0.3) is 0 Å². The second-order valence-corrected chi connectivity index (χ2v) is 5.31. The van der Waals surface area contributed by atoms with E-state index in [-0.39, 0.29) is 11.6 Å². The Morgan fingerprint density at radius 2 is 2.20 bits per heavy atom. The lowest BCUT2D eigenvalue weighted by molar-refractivity contribution is 0.0111. The Labute approximate surface area is 93.3 Å². The molecule has 1 aliphatic heterocycles. The van der Waals surface area contributed by atoms with E-state index in [9.17, 15) is 0 Å². The Bertz CT molecular complexity index is 194. The molecule has 15 heavy (non-hydrogen) atoms. The van der Waals surface area contributed by atoms with Crippen LogP contribution in [0.5, 0.6) is 0 Å². The summed E-state index contributed by atoms with van der Waals surface area (Å²) < 4.78 is 10.9. The van der Waals surface area contributed by atoms with Gasteiger partial charge < -0.3 is 15.2 Å². The summed E-state index contributed by atoms with van der Waals surface area (Å²) in [6, 6.07) is 0.254. The maximum Gasteiger partial charge on any atom is 0.0623 e. The van der Waals surface area contributed by atoms with Gasteiger partial charge in [-0.05, 0) is 46.0 Å². The zero-order valence-electron chi connectivity index (χ0n) is 10.5. The van der Waals surface area contributed by atoms with Crippen LogP contribution >= 0.6 is 0 Å². The van der Waals surface area contributed by atoms with Gasteiger partial charge in [-0.3, -0.25) is 0 Å². The molecule has 0 amide bonds. The largest absolute Gasteiger partial charge is 0.379 e. The number of ether oxygens (including phenoxy) is 2. The van der Waals surface area contributed by atoms with Crippen LogP contribution in [0.15, 0.2) is 0 Å². The summed E-state index contributed by atoms with van der Waals surface area (Å²) in [6.45, 7) is 7.16. The summed E-state index contributed by atoms with van der Waals surface area (Å²) in [7, 11) is 1.76. The fraction of sp³-hybridized carbons (Fsp3) is 1.00. The minimum atomic E-state index is -0.0529. The van der Waals surface area contributed by atoms with Crippen molar-refractivity contribution in [1.82, 2.24) is 0 Å². The Kier molecular flexibility index (Phi) is 4.56. The van der Waals surface area contributed by atoms with Gasteiger partial charge in [0.15, 0.2) is 0 Å². The lowest BCUT2D eigenvalue weighted by Crippen LogP contribution is -2.34. The van der Waals surface area contributed by atoms with Crippen molar-refractivity contribution in [3.8, 4) is 0 Å². The highest BCUT2D eigenvalue weighted by Gasteiger charge is 2.28. The van der Waals surface area contributed by atoms with Gasteiger partial charge in [0.1, 0.15) is 0 Å². The van der Waals surface area contributed by atoms with Gasteiger partial charge in [0.25, 0.3) is 0 Å². The van der Waals surface area contributed by atoms with Crippen molar-refractivity contribution in [2.24, 2.45) is 11.7 Å². The molecular weight excluding hydrogens is 190 g/mol. The first-order chi connectivity index (χ1) is 6.94. The highest BCUT2D eigenvalue weighted by atomic mass is 16.5. The van der Waals surface area contributed by atoms with Crippen molar-refractivity contribution in [3.63, 3.8) is 0 Å². The van der Waals surface area contributed by atoms with E-state index in [1.165, 1.54) is 0 Å². The Morgan fingerprint density at radius 3 is 2.67 bits per heavy atom. The first-order valence-electron chi connectivity index (χ1n) is 5.87. The summed E-state index contributed by atoms with van der Waals surface area (Å²) in [5.41, 5.74) is 6.11. The highest BCUT2D eigenvalue weighted by Crippen LogP contribution is 2.25. The zero-order chi connectivity index (χ0) is 11.5. The van der Waals surface area contributed by atoms with Crippen LogP contribution < -0.4 is 5.73 Å². The molecule has 1 fully saturated rings. The number of hydrogen-bond acceptors (Lipinski definition) is 3. The smallest absolute Gasteiger partial charge is 0.0623 e. The summed E-state index contributed by atoms with van der Waals surface area (Å²) in [5.74, 6) is 0.535. The van der Waals surface area contributed by atoms with E-state index in [4.69, 9.17) is 15.2 Å². The van der Waals surface area contributed by atoms with Gasteiger partial charge in [-0.2, -0.15) is 0 Å². The van der Waals surface area contributed by atoms with Crippen LogP contribution in [0, 0.1) is 5.92 Å². The van der Waals surface area contributed by atoms with E-state index in [0.717, 1.165) is 25.9 Å². The van der Waals surface area contributed by atoms with Gasteiger partial charge in [0, 0.05) is 13.2 Å². The Hall–Kier alpha value is -0.120. The minimum absolute atomic E-state index is 0.0529. The molecule has 1 saturated heterocycles. The molecule has 0 aromatic rings. The Morgan fingerprint density at radius 1 is 1.53 bits per heavy atom. The molecule has 1 aliphatic rings. The van der Waals surface area contributed by atoms with Gasteiger partial charge in [0.05, 0.1) is 18.3 Å². The molecule has 0 radical (unpaired) electrons. The van der Waals surface area contributed by atoms with Crippen molar-refractivity contribution in [2.45, 2.75) is 57.8 Å². The first-order valence-corrected chi connectivity index (χ1v) is 5.87. The normalized spacial score (nSPS) is 29.4. The lowest BCUT2D eigenvalue weighted by Gasteiger charge is -2.26. The standard InChI is InChI=1S/C12H25NO2/c1-9-7-10(8-15-9)11(13)5-6-12(2,3)14-4/h9-11H,5-8,13H2,1-4H3. The van der Waals surface area contributed by atoms with Crippen LogP contribution in [0.2, 0.25) is 0 Å². The monoisotopic (exact) mass is 215 g/mol. The van der Waals surface area contributed by atoms with Crippen LogP contribution in [0.4, 0.5) is 0 Å². The zero-order valence-corrected chi connectivity index (χ0v) is 10.5. The number of methoxy groups -OCH3 is 1. The molecule has 2 N–H and O–H groups in total. The van der Waals surface area contributed by atoms with Crippen molar-refractivity contribution >= 4 is 0 Å². The van der Waals surface area contributed by atoms with Crippen molar-refractivity contribution < 1.29 is 9.47 Å². The number of rotatable bonds is 5. The van der Waals surface area contributed by atoms with Gasteiger partial charge >= 0.3 is 0 Å². The lowest BCUT2D eigenvalue weighted by atomic mass is 9.90. The minimum Gasteiger partial charge on any atom is -0.379 e. The molecule has 1 rings (SSSR count). The third kappa shape index (κ3) is 4.09. The average molecular weight is 215 g/mol. The molecule has 0 aromatic heterocycles. The predicted octanol–water partition coefficient (Wildman–Crippen LogP) is 1.94. The molecule has 0 spiro atoms. The number of hydrogen-bond donors (Lipinski definition) is 1. The molecule has 3 heteroatoms. The third-order valence-corrected chi connectivity index (χ3v) is 3.47. The molecule has 90 valence electrons. The van der Waals surface area contributed by atoms with Crippen LogP contribution in [-0.4, -0.2) is 31.5 Å². The predicted molar refractivity (Wildman–Crippen MR) is 61.8 cm³/mol. The second kappa shape index (κ2) is 5.28. The van der Waals surface area contributed by atoms with Crippen molar-refractivity contribution in [3.05, 3.63) is 0 Å². The maximum absolute atomic E-state index is 6.17. The fourth-order valence-corrected chi connectivity index (χ4v) is 2.00. The second-order valence-electron chi connectivity index (χ2n) is 5.31. The summed E-state index contributed by atoms with van der Waals surface area (Å²) in [5, 5.41) is 0. The van der Waals surface area contributed by atoms with E-state index < -0.39 is 0 Å². The fourth-order valence-electron chi connectivity index (χ4n) is 2.00. The van der Waals surface area contributed by atoms with Crippen LogP contribution in [0.3, 0.4) is 0 Å². The molecule has 3 unspecified atom stereocenters. The SMILES string of the molecule is COC(C)(C)CCC(N)C1COC(C)C1.